The zero-order valence-corrected chi connectivity index (χ0v) is 24.0. The van der Waals surface area contributed by atoms with Gasteiger partial charge >= 0.3 is 0 Å². The van der Waals surface area contributed by atoms with Crippen LogP contribution in [0.5, 0.6) is 0 Å². The van der Waals surface area contributed by atoms with Crippen LogP contribution in [0.4, 0.5) is 0 Å². The first-order valence-electron chi connectivity index (χ1n) is 13.6. The summed E-state index contributed by atoms with van der Waals surface area (Å²) in [7, 11) is -1.97. The Morgan fingerprint density at radius 1 is 1.00 bits per heavy atom. The molecule has 2 heterocycles. The van der Waals surface area contributed by atoms with Crippen LogP contribution in [-0.4, -0.2) is 29.0 Å². The van der Waals surface area contributed by atoms with E-state index in [2.05, 4.69) is 69.2 Å². The Morgan fingerprint density at radius 3 is 2.43 bits per heavy atom. The zero-order chi connectivity index (χ0) is 26.4. The van der Waals surface area contributed by atoms with Gasteiger partial charge in [0.1, 0.15) is 0 Å². The largest absolute Gasteiger partial charge is 0.412 e. The Bertz CT molecular complexity index is 1490. The number of hydrogen-bond acceptors (Lipinski definition) is 4. The van der Waals surface area contributed by atoms with E-state index in [0.717, 1.165) is 65.2 Å². The van der Waals surface area contributed by atoms with Gasteiger partial charge in [0.15, 0.2) is 8.32 Å². The summed E-state index contributed by atoms with van der Waals surface area (Å²) in [5, 5.41) is 2.97. The van der Waals surface area contributed by atoms with Gasteiger partial charge in [-0.05, 0) is 73.0 Å². The van der Waals surface area contributed by atoms with Crippen molar-refractivity contribution in [2.45, 2.75) is 90.1 Å². The van der Waals surface area contributed by atoms with Crippen LogP contribution < -0.4 is 5.56 Å². The molecule has 5 nitrogen and oxygen atoms in total. The quantitative estimate of drug-likeness (QED) is 0.207. The molecule has 0 N–H and O–H groups in total. The minimum Gasteiger partial charge on any atom is -0.412 e. The topological polar surface area (TPSA) is 57.0 Å². The molecule has 1 aliphatic rings. The molecule has 6 heteroatoms. The molecule has 1 saturated carbocycles. The number of pyridine rings is 1. The second-order valence-corrected chi connectivity index (χ2v) is 16.9. The SMILES string of the molecule is Cc1ccc(Cc2cc3c(=O)n([C@H]4CCCC[C@@H]4O[Si](C)(C)C(C)(C)C)cnc3c3ccccc23)cn1. The van der Waals surface area contributed by atoms with Crippen LogP contribution in [0.2, 0.25) is 18.1 Å². The van der Waals surface area contributed by atoms with Crippen LogP contribution in [0.3, 0.4) is 0 Å². The molecule has 0 radical (unpaired) electrons. The highest BCUT2D eigenvalue weighted by molar-refractivity contribution is 6.74. The van der Waals surface area contributed by atoms with E-state index in [1.54, 1.807) is 6.33 Å². The number of fused-ring (bicyclic) bond motifs is 3. The summed E-state index contributed by atoms with van der Waals surface area (Å²) >= 11 is 0. The molecule has 2 atom stereocenters. The number of aromatic nitrogens is 3. The predicted octanol–water partition coefficient (Wildman–Crippen LogP) is 7.35. The lowest BCUT2D eigenvalue weighted by Gasteiger charge is -2.43. The van der Waals surface area contributed by atoms with E-state index in [1.807, 2.05) is 29.8 Å². The predicted molar refractivity (Wildman–Crippen MR) is 155 cm³/mol. The van der Waals surface area contributed by atoms with Gasteiger partial charge in [0.25, 0.3) is 5.56 Å². The number of benzene rings is 2. The standard InChI is InChI=1S/C31H39N3O2Si/c1-21-15-16-22(19-32-21)17-23-18-26-29(25-12-8-7-11-24(23)25)33-20-34(30(26)35)27-13-9-10-14-28(27)36-37(5,6)31(2,3)4/h7-8,11-12,15-16,18-20,27-28H,9-10,13-14,17H2,1-6H3/t27-,28-/m0/s1. The van der Waals surface area contributed by atoms with Gasteiger partial charge in [-0.1, -0.05) is 63.9 Å². The summed E-state index contributed by atoms with van der Waals surface area (Å²) in [6.45, 7) is 13.4. The zero-order valence-electron chi connectivity index (χ0n) is 23.0. The normalized spacial score (nSPS) is 19.0. The Labute approximate surface area is 221 Å². The summed E-state index contributed by atoms with van der Waals surface area (Å²) in [5.41, 5.74) is 4.08. The highest BCUT2D eigenvalue weighted by Gasteiger charge is 2.41. The van der Waals surface area contributed by atoms with Crippen molar-refractivity contribution in [1.82, 2.24) is 14.5 Å². The fourth-order valence-corrected chi connectivity index (χ4v) is 6.73. The average molecular weight is 514 g/mol. The second kappa shape index (κ2) is 9.80. The van der Waals surface area contributed by atoms with Crippen molar-refractivity contribution in [2.24, 2.45) is 0 Å². The van der Waals surface area contributed by atoms with Gasteiger partial charge in [0.05, 0.1) is 29.4 Å². The van der Waals surface area contributed by atoms with Crippen molar-refractivity contribution in [3.8, 4) is 0 Å². The van der Waals surface area contributed by atoms with E-state index in [4.69, 9.17) is 9.41 Å². The molecule has 0 spiro atoms. The second-order valence-electron chi connectivity index (χ2n) is 12.2. The lowest BCUT2D eigenvalue weighted by Crippen LogP contribution is -2.48. The van der Waals surface area contributed by atoms with Gasteiger partial charge < -0.3 is 4.43 Å². The molecule has 2 aromatic heterocycles. The highest BCUT2D eigenvalue weighted by Crippen LogP contribution is 2.41. The van der Waals surface area contributed by atoms with Crippen molar-refractivity contribution in [3.05, 3.63) is 82.2 Å². The lowest BCUT2D eigenvalue weighted by molar-refractivity contribution is 0.0824. The molecule has 1 fully saturated rings. The van der Waals surface area contributed by atoms with Crippen LogP contribution >= 0.6 is 0 Å². The molecule has 0 unspecified atom stereocenters. The first-order chi connectivity index (χ1) is 17.5. The Balaban J connectivity index is 1.61. The molecule has 2 aromatic carbocycles. The molecule has 0 saturated heterocycles. The third-order valence-corrected chi connectivity index (χ3v) is 13.0. The van der Waals surface area contributed by atoms with Crippen LogP contribution in [0.1, 0.15) is 69.3 Å². The maximum absolute atomic E-state index is 14.1. The molecule has 37 heavy (non-hydrogen) atoms. The van der Waals surface area contributed by atoms with E-state index in [0.29, 0.717) is 5.39 Å². The monoisotopic (exact) mass is 513 g/mol. The van der Waals surface area contributed by atoms with Gasteiger partial charge in [-0.15, -0.1) is 0 Å². The molecule has 0 bridgehead atoms. The van der Waals surface area contributed by atoms with Crippen LogP contribution in [0.25, 0.3) is 21.7 Å². The van der Waals surface area contributed by atoms with Crippen LogP contribution in [-0.2, 0) is 10.8 Å². The first-order valence-corrected chi connectivity index (χ1v) is 16.5. The molecular formula is C31H39N3O2Si. The van der Waals surface area contributed by atoms with Gasteiger partial charge in [0.2, 0.25) is 0 Å². The van der Waals surface area contributed by atoms with E-state index in [-0.39, 0.29) is 22.7 Å². The van der Waals surface area contributed by atoms with Gasteiger partial charge in [0, 0.05) is 17.3 Å². The maximum Gasteiger partial charge on any atom is 0.261 e. The lowest BCUT2D eigenvalue weighted by atomic mass is 9.92. The van der Waals surface area contributed by atoms with E-state index >= 15 is 0 Å². The summed E-state index contributed by atoms with van der Waals surface area (Å²) in [5.74, 6) is 0. The summed E-state index contributed by atoms with van der Waals surface area (Å²) in [4.78, 5) is 23.5. The average Bonchev–Trinajstić information content (AvgIpc) is 2.86. The van der Waals surface area contributed by atoms with Gasteiger partial charge in [-0.25, -0.2) is 4.98 Å². The highest BCUT2D eigenvalue weighted by atomic mass is 28.4. The summed E-state index contributed by atoms with van der Waals surface area (Å²) in [6.07, 6.45) is 8.66. The van der Waals surface area contributed by atoms with Crippen molar-refractivity contribution >= 4 is 30.0 Å². The van der Waals surface area contributed by atoms with Crippen LogP contribution in [0.15, 0.2) is 59.8 Å². The molecule has 0 aliphatic heterocycles. The first kappa shape index (κ1) is 25.8. The third-order valence-electron chi connectivity index (χ3n) is 8.52. The molecule has 0 amide bonds. The minimum absolute atomic E-state index is 0.0171. The summed E-state index contributed by atoms with van der Waals surface area (Å²) in [6, 6.07) is 14.5. The van der Waals surface area contributed by atoms with E-state index in [1.165, 1.54) is 0 Å². The molecule has 194 valence electrons. The minimum atomic E-state index is -1.97. The Kier molecular flexibility index (Phi) is 6.84. The fourth-order valence-electron chi connectivity index (χ4n) is 5.34. The number of rotatable bonds is 5. The maximum atomic E-state index is 14.1. The van der Waals surface area contributed by atoms with Gasteiger partial charge in [-0.3, -0.25) is 14.3 Å². The fraction of sp³-hybridized carbons (Fsp3) is 0.452. The smallest absolute Gasteiger partial charge is 0.261 e. The van der Waals surface area contributed by atoms with E-state index in [9.17, 15) is 4.79 Å². The molecular weight excluding hydrogens is 474 g/mol. The number of nitrogens with zero attached hydrogens (tertiary/aromatic N) is 3. The van der Waals surface area contributed by atoms with Crippen molar-refractivity contribution in [3.63, 3.8) is 0 Å². The number of hydrogen-bond donors (Lipinski definition) is 0. The Morgan fingerprint density at radius 2 is 1.73 bits per heavy atom. The molecule has 1 aliphatic carbocycles. The Hall–Kier alpha value is -2.83. The molecule has 4 aromatic rings. The van der Waals surface area contributed by atoms with Crippen LogP contribution in [0, 0.1) is 6.92 Å². The van der Waals surface area contributed by atoms with E-state index < -0.39 is 8.32 Å². The third kappa shape index (κ3) is 5.01. The molecule has 5 rings (SSSR count). The van der Waals surface area contributed by atoms with Crippen molar-refractivity contribution in [2.75, 3.05) is 0 Å². The van der Waals surface area contributed by atoms with Gasteiger partial charge in [-0.2, -0.15) is 0 Å². The number of aryl methyl sites for hydroxylation is 1. The van der Waals surface area contributed by atoms with Crippen molar-refractivity contribution in [1.29, 1.82) is 0 Å². The van der Waals surface area contributed by atoms with Crippen molar-refractivity contribution < 1.29 is 4.43 Å². The summed E-state index contributed by atoms with van der Waals surface area (Å²) < 4.78 is 8.78.